The van der Waals surface area contributed by atoms with E-state index in [9.17, 15) is 49.3 Å². The van der Waals surface area contributed by atoms with Crippen LogP contribution in [0.15, 0.2) is 351 Å². The van der Waals surface area contributed by atoms with Crippen molar-refractivity contribution in [2.24, 2.45) is 0 Å². The SMILES string of the molecule is [2H]c1c([2H])c([2H])c(-c2cc(-c3c([2H])c([2H])c([2H])c([2H])c3[2H])c(N3c4cc(-n5c6c([2H])c([2H])c([2H])c([2H])c6c6c([2H])c([2H])c([2H])c([2H])c65)ccc4B4c5ccc(-n6c7c([2H])c([2H])c([2H])c([2H])c7c7c([2H])c([2H])c([2H])c([2H])c76)cc5N(c5c(-c6c([2H])c([2H])c([2H])c([2H])c6[2H])cc(-c6c([2H])c([2H])c([2H])c([2H])c6[2H])cc5-c5c([2H])c([2H])c([2H])c([2H])c5[2H])c5cc(CCCCCC)cc3c54)c(-c3c([2H])c([2H])c([2H])c([2H])c3[2H])c2)c([2H])c1[2H]. The van der Waals surface area contributed by atoms with Crippen LogP contribution in [0.3, 0.4) is 0 Å². The molecule has 2 aliphatic heterocycles. The maximum Gasteiger partial charge on any atom is 0.252 e. The molecule has 0 bridgehead atoms. The van der Waals surface area contributed by atoms with E-state index in [1.165, 1.54) is 46.2 Å². The molecular formula is C96H71BN4. The third kappa shape index (κ3) is 10.1. The molecular weight excluding hydrogens is 1220 g/mol. The molecule has 0 atom stereocenters. The highest BCUT2D eigenvalue weighted by Crippen LogP contribution is 2.55. The van der Waals surface area contributed by atoms with Crippen LogP contribution < -0.4 is 26.2 Å². The predicted octanol–water partition coefficient (Wildman–Crippen LogP) is 24.1. The molecule has 19 rings (SSSR count). The quantitative estimate of drug-likeness (QED) is 0.0751. The normalized spacial score (nSPS) is 18.7. The molecule has 478 valence electrons. The molecule has 15 aromatic carbocycles. The second-order valence-corrected chi connectivity index (χ2v) is 23.9. The Hall–Kier alpha value is -12.4. The first kappa shape index (κ1) is 29.2. The average Bonchev–Trinajstić information content (AvgIpc) is 1.57. The van der Waals surface area contributed by atoms with Crippen LogP contribution >= 0.6 is 0 Å². The van der Waals surface area contributed by atoms with Crippen molar-refractivity contribution in [2.75, 3.05) is 9.80 Å². The molecule has 0 saturated heterocycles. The summed E-state index contributed by atoms with van der Waals surface area (Å²) in [6.45, 7) is 0.221. The van der Waals surface area contributed by atoms with Crippen molar-refractivity contribution in [3.8, 4) is 78.1 Å². The Labute approximate surface area is 655 Å². The summed E-state index contributed by atoms with van der Waals surface area (Å²) >= 11 is 0. The van der Waals surface area contributed by atoms with Crippen molar-refractivity contribution in [3.05, 3.63) is 356 Å². The molecule has 0 saturated carbocycles. The van der Waals surface area contributed by atoms with E-state index < -0.39 is 406 Å². The number of unbranched alkanes of at least 4 members (excludes halogenated alkanes) is 3. The molecule has 0 unspecified atom stereocenters. The fraction of sp³-hybridized carbons (Fsp3) is 0.0625. The number of aryl methyl sites for hydroxylation is 1. The van der Waals surface area contributed by atoms with Crippen molar-refractivity contribution >= 4 is 101 Å². The van der Waals surface area contributed by atoms with Crippen LogP contribution in [0.4, 0.5) is 34.1 Å². The van der Waals surface area contributed by atoms with E-state index in [1.807, 2.05) is 6.92 Å². The second kappa shape index (κ2) is 25.1. The van der Waals surface area contributed by atoms with Crippen LogP contribution in [0.2, 0.25) is 0 Å². The van der Waals surface area contributed by atoms with Crippen LogP contribution in [-0.4, -0.2) is 15.8 Å². The number of aromatic nitrogens is 2. The molecule has 4 nitrogen and oxygen atoms in total. The zero-order valence-corrected chi connectivity index (χ0v) is 52.8. The lowest BCUT2D eigenvalue weighted by atomic mass is 9.33. The zero-order chi connectivity index (χ0) is 107. The van der Waals surface area contributed by atoms with Crippen LogP contribution in [0.5, 0.6) is 0 Å². The van der Waals surface area contributed by atoms with Crippen LogP contribution in [-0.2, 0) is 6.42 Å². The molecule has 0 aliphatic carbocycles. The Kier molecular flexibility index (Phi) is 7.26. The van der Waals surface area contributed by atoms with E-state index in [0.717, 1.165) is 33.4 Å². The molecule has 4 heterocycles. The smallest absolute Gasteiger partial charge is 0.252 e. The van der Waals surface area contributed by atoms with Crippen LogP contribution in [0.1, 0.15) is 101 Å². The maximum atomic E-state index is 10.3. The average molecular weight is 1340 g/mol. The van der Waals surface area contributed by atoms with Gasteiger partial charge < -0.3 is 18.9 Å². The lowest BCUT2D eigenvalue weighted by molar-refractivity contribution is 0.667. The Morgan fingerprint density at radius 3 is 0.921 bits per heavy atom. The third-order valence-electron chi connectivity index (χ3n) is 18.3. The van der Waals surface area contributed by atoms with Gasteiger partial charge in [0.2, 0.25) is 0 Å². The molecule has 17 aromatic rings. The Morgan fingerprint density at radius 2 is 0.594 bits per heavy atom. The lowest BCUT2D eigenvalue weighted by Gasteiger charge is -2.46. The van der Waals surface area contributed by atoms with Crippen LogP contribution in [0, 0.1) is 0 Å². The molecule has 0 amide bonds. The summed E-state index contributed by atoms with van der Waals surface area (Å²) in [7, 11) is 0. The van der Waals surface area contributed by atoms with Gasteiger partial charge in [0, 0.05) is 77.9 Å². The number of anilines is 6. The largest absolute Gasteiger partial charge is 0.310 e. The van der Waals surface area contributed by atoms with E-state index in [4.69, 9.17) is 13.7 Å². The predicted molar refractivity (Wildman–Crippen MR) is 430 cm³/mol. The van der Waals surface area contributed by atoms with Crippen LogP contribution in [0.25, 0.3) is 122 Å². The second-order valence-electron chi connectivity index (χ2n) is 23.9. The Balaban J connectivity index is 1.13. The van der Waals surface area contributed by atoms with Gasteiger partial charge in [-0.05, 0) is 164 Å². The fourth-order valence-corrected chi connectivity index (χ4v) is 14.2. The maximum absolute atomic E-state index is 10.3. The molecule has 0 N–H and O–H groups in total. The Bertz CT molecular complexity index is 7950. The molecule has 0 fully saturated rings. The number of nitrogens with zero attached hydrogens (tertiary/aromatic N) is 4. The van der Waals surface area contributed by atoms with E-state index in [2.05, 4.69) is 0 Å². The number of benzene rings is 15. The summed E-state index contributed by atoms with van der Waals surface area (Å²) in [4.78, 5) is 2.62. The third-order valence-corrected chi connectivity index (χ3v) is 18.3. The van der Waals surface area contributed by atoms with Gasteiger partial charge in [0.15, 0.2) is 0 Å². The van der Waals surface area contributed by atoms with E-state index in [0.29, 0.717) is 19.3 Å². The van der Waals surface area contributed by atoms with Crippen molar-refractivity contribution in [1.29, 1.82) is 0 Å². The van der Waals surface area contributed by atoms with Gasteiger partial charge in [0.05, 0.1) is 96.5 Å². The molecule has 5 heteroatoms. The molecule has 2 aliphatic rings. The first-order valence-electron chi connectivity index (χ1n) is 55.1. The first-order valence-corrected chi connectivity index (χ1v) is 32.1. The molecule has 101 heavy (non-hydrogen) atoms. The highest BCUT2D eigenvalue weighted by molar-refractivity contribution is 7.00. The summed E-state index contributed by atoms with van der Waals surface area (Å²) in [5.74, 6) is 0. The van der Waals surface area contributed by atoms with Gasteiger partial charge in [-0.15, -0.1) is 0 Å². The Morgan fingerprint density at radius 1 is 0.287 bits per heavy atom. The minimum absolute atomic E-state index is 0.108. The van der Waals surface area contributed by atoms with Gasteiger partial charge in [-0.25, -0.2) is 0 Å². The highest BCUT2D eigenvalue weighted by Gasteiger charge is 2.46. The number of hydrogen-bond acceptors (Lipinski definition) is 2. The summed E-state index contributed by atoms with van der Waals surface area (Å²) in [5, 5.41) is -1.85. The zero-order valence-electron chi connectivity index (χ0n) is 98.8. The number of para-hydroxylation sites is 4. The summed E-state index contributed by atoms with van der Waals surface area (Å²) < 4.78 is 443. The van der Waals surface area contributed by atoms with Crippen molar-refractivity contribution in [2.45, 2.75) is 39.0 Å². The molecule has 2 aromatic heterocycles. The fourth-order valence-electron chi connectivity index (χ4n) is 14.2. The summed E-state index contributed by atoms with van der Waals surface area (Å²) in [6.07, 6.45) is 1.57. The molecule has 0 spiro atoms. The van der Waals surface area contributed by atoms with Gasteiger partial charge in [0.25, 0.3) is 6.71 Å². The minimum atomic E-state index is -1.68. The molecule has 0 radical (unpaired) electrons. The van der Waals surface area contributed by atoms with Crippen molar-refractivity contribution in [1.82, 2.24) is 9.13 Å². The van der Waals surface area contributed by atoms with E-state index in [-0.39, 0.29) is 68.9 Å². The standard InChI is InChI=1S/C96H71BN4/c1-2-3-4-11-32-65-57-92-94-93(58-65)101(96-82(70-41-20-9-21-42-70)61-73(67-35-14-6-15-36-67)62-83(96)71-43-22-10-23-44-71)91-64-75(99-88-51-30-26-47-78(88)79-48-27-31-52-89(79)99)54-56-85(91)97(94)84-55-53-74(98-86-49-28-24-45-76(86)77-46-25-29-50-87(77)98)63-90(84)100(92)95-80(68-37-16-7-17-38-68)59-72(66-33-12-5-13-34-66)60-81(95)69-39-18-8-19-40-69/h5-10,12-31,33-64H,2-4,11,32H2,1H3/i5D,6D,7D,8D,9D,10D,12D,13D,14D,15D,16D,17D,18D,19D,20D,21D,22D,23D,24D,25D,26D,27D,28D,29D,30D,31D,33D,34D,35D,36D,37D,38D,39D,40D,41D,42D,43D,44D,45D,46D,47D,48D,49D,50D,51D,52D. The number of hydrogen-bond donors (Lipinski definition) is 0. The van der Waals surface area contributed by atoms with Gasteiger partial charge in [-0.1, -0.05) is 292 Å². The topological polar surface area (TPSA) is 16.3 Å². The minimum Gasteiger partial charge on any atom is -0.310 e. The van der Waals surface area contributed by atoms with Gasteiger partial charge in [0.1, 0.15) is 0 Å². The number of fused-ring (bicyclic) bond motifs is 10. The van der Waals surface area contributed by atoms with E-state index in [1.54, 1.807) is 12.1 Å². The van der Waals surface area contributed by atoms with E-state index >= 15 is 0 Å². The van der Waals surface area contributed by atoms with Crippen molar-refractivity contribution in [3.63, 3.8) is 0 Å². The summed E-state index contributed by atoms with van der Waals surface area (Å²) in [5.41, 5.74) is -14.0. The van der Waals surface area contributed by atoms with Crippen molar-refractivity contribution < 1.29 is 63.1 Å². The lowest BCUT2D eigenvalue weighted by Crippen LogP contribution is -2.61. The monoisotopic (exact) mass is 1340 g/mol. The van der Waals surface area contributed by atoms with Gasteiger partial charge >= 0.3 is 0 Å². The number of rotatable bonds is 15. The highest BCUT2D eigenvalue weighted by atomic mass is 15.2. The van der Waals surface area contributed by atoms with Gasteiger partial charge in [-0.3, -0.25) is 0 Å². The summed E-state index contributed by atoms with van der Waals surface area (Å²) in [6, 6.07) is -29.1. The van der Waals surface area contributed by atoms with Gasteiger partial charge in [-0.2, -0.15) is 0 Å². The first-order chi connectivity index (χ1) is 69.2.